The normalized spacial score (nSPS) is 11.3. The fourth-order valence-electron chi connectivity index (χ4n) is 3.69. The summed E-state index contributed by atoms with van der Waals surface area (Å²) in [7, 11) is -4.03. The molecule has 0 atom stereocenters. The van der Waals surface area contributed by atoms with Crippen LogP contribution in [0.3, 0.4) is 0 Å². The number of nitrogen functional groups attached to an aromatic ring is 2. The molecule has 0 aliphatic carbocycles. The lowest BCUT2D eigenvalue weighted by atomic mass is 10.1. The first-order valence-electron chi connectivity index (χ1n) is 10.6. The Labute approximate surface area is 202 Å². The molecule has 0 aliphatic rings. The smallest absolute Gasteiger partial charge is 0.339 e. The summed E-state index contributed by atoms with van der Waals surface area (Å²) >= 11 is 0. The molecule has 9 heteroatoms. The van der Waals surface area contributed by atoms with E-state index in [0.717, 1.165) is 22.4 Å². The maximum atomic E-state index is 13.3. The van der Waals surface area contributed by atoms with Crippen LogP contribution in [-0.2, 0) is 16.3 Å². The summed E-state index contributed by atoms with van der Waals surface area (Å²) in [5.41, 5.74) is 12.6. The third kappa shape index (κ3) is 4.95. The van der Waals surface area contributed by atoms with Crippen molar-refractivity contribution in [3.05, 3.63) is 95.6 Å². The first-order valence-corrected chi connectivity index (χ1v) is 12.1. The van der Waals surface area contributed by atoms with Gasteiger partial charge in [0.1, 0.15) is 11.4 Å². The third-order valence-corrected chi connectivity index (χ3v) is 7.30. The molecule has 0 radical (unpaired) electrons. The van der Waals surface area contributed by atoms with Crippen molar-refractivity contribution in [1.29, 1.82) is 5.41 Å². The molecule has 4 rings (SSSR count). The molecule has 6 N–H and O–H groups in total. The average Bonchev–Trinajstić information content (AvgIpc) is 2.84. The van der Waals surface area contributed by atoms with Crippen LogP contribution in [0, 0.1) is 5.41 Å². The number of carboxylic acids is 1. The Morgan fingerprint density at radius 3 is 2.26 bits per heavy atom. The van der Waals surface area contributed by atoms with E-state index in [1.165, 1.54) is 12.1 Å². The number of sulfone groups is 1. The predicted molar refractivity (Wildman–Crippen MR) is 134 cm³/mol. The van der Waals surface area contributed by atoms with Crippen molar-refractivity contribution in [2.45, 2.75) is 16.2 Å². The second-order valence-electron chi connectivity index (χ2n) is 7.92. The van der Waals surface area contributed by atoms with Crippen molar-refractivity contribution in [2.75, 3.05) is 12.3 Å². The zero-order valence-corrected chi connectivity index (χ0v) is 19.4. The van der Waals surface area contributed by atoms with Gasteiger partial charge in [0.05, 0.1) is 22.1 Å². The van der Waals surface area contributed by atoms with Gasteiger partial charge in [-0.3, -0.25) is 5.41 Å². The molecular weight excluding hydrogens is 466 g/mol. The van der Waals surface area contributed by atoms with Crippen LogP contribution in [0.4, 0.5) is 5.69 Å². The number of carbonyl (C=O) groups is 1. The number of hydrogen-bond acceptors (Lipinski definition) is 6. The van der Waals surface area contributed by atoms with Crippen LogP contribution in [0.2, 0.25) is 0 Å². The highest BCUT2D eigenvalue weighted by Crippen LogP contribution is 2.33. The first-order chi connectivity index (χ1) is 16.7. The van der Waals surface area contributed by atoms with E-state index in [0.29, 0.717) is 12.0 Å². The summed E-state index contributed by atoms with van der Waals surface area (Å²) in [4.78, 5) is 11.7. The Morgan fingerprint density at radius 1 is 0.914 bits per heavy atom. The number of carboxylic acid groups (broad SMARTS) is 1. The van der Waals surface area contributed by atoms with Crippen LogP contribution in [-0.4, -0.2) is 31.9 Å². The quantitative estimate of drug-likeness (QED) is 0.166. The van der Waals surface area contributed by atoms with Gasteiger partial charge in [0.2, 0.25) is 9.84 Å². The molecule has 4 aromatic carbocycles. The topological polar surface area (TPSA) is 157 Å². The fourth-order valence-corrected chi connectivity index (χ4v) is 5.05. The van der Waals surface area contributed by atoms with Gasteiger partial charge in [-0.25, -0.2) is 13.2 Å². The van der Waals surface area contributed by atoms with Gasteiger partial charge >= 0.3 is 5.97 Å². The van der Waals surface area contributed by atoms with Crippen LogP contribution >= 0.6 is 0 Å². The van der Waals surface area contributed by atoms with Crippen LogP contribution < -0.4 is 16.2 Å². The minimum atomic E-state index is -4.03. The van der Waals surface area contributed by atoms with Crippen LogP contribution in [0.1, 0.15) is 21.5 Å². The molecule has 0 saturated heterocycles. The molecular formula is C26H23N3O5S. The van der Waals surface area contributed by atoms with Gasteiger partial charge in [-0.15, -0.1) is 0 Å². The van der Waals surface area contributed by atoms with E-state index in [-0.39, 0.29) is 39.2 Å². The number of ether oxygens (including phenoxy) is 1. The Kier molecular flexibility index (Phi) is 6.44. The molecule has 0 amide bonds. The number of fused-ring (bicyclic) bond motifs is 1. The summed E-state index contributed by atoms with van der Waals surface area (Å²) in [5.74, 6) is -1.48. The summed E-state index contributed by atoms with van der Waals surface area (Å²) < 4.78 is 32.2. The number of rotatable bonds is 8. The van der Waals surface area contributed by atoms with Gasteiger partial charge < -0.3 is 21.3 Å². The number of anilines is 1. The molecule has 0 heterocycles. The molecule has 0 bridgehead atoms. The van der Waals surface area contributed by atoms with E-state index < -0.39 is 15.8 Å². The average molecular weight is 490 g/mol. The summed E-state index contributed by atoms with van der Waals surface area (Å²) in [6.45, 7) is 0.112. The molecule has 178 valence electrons. The SMILES string of the molecule is N=C(N)c1ccc(CCOc2c(N)cc(S(=O)(=O)c3ccc4ccccc4c3)cc2C(=O)O)cc1. The lowest BCUT2D eigenvalue weighted by Gasteiger charge is -2.14. The molecule has 0 saturated carbocycles. The largest absolute Gasteiger partial charge is 0.490 e. The molecule has 8 nitrogen and oxygen atoms in total. The number of hydrogen-bond donors (Lipinski definition) is 4. The van der Waals surface area contributed by atoms with Gasteiger partial charge in [-0.1, -0.05) is 54.6 Å². The lowest BCUT2D eigenvalue weighted by Crippen LogP contribution is -2.12. The van der Waals surface area contributed by atoms with E-state index in [9.17, 15) is 18.3 Å². The number of nitrogens with one attached hydrogen (secondary N) is 1. The lowest BCUT2D eigenvalue weighted by molar-refractivity contribution is 0.0692. The van der Waals surface area contributed by atoms with E-state index >= 15 is 0 Å². The summed E-state index contributed by atoms with van der Waals surface area (Å²) in [5, 5.41) is 18.8. The Hall–Kier alpha value is -4.37. The van der Waals surface area contributed by atoms with Gasteiger partial charge in [-0.05, 0) is 40.6 Å². The molecule has 0 unspecified atom stereocenters. The molecule has 4 aromatic rings. The number of nitrogens with two attached hydrogens (primary N) is 2. The number of amidine groups is 1. The highest BCUT2D eigenvalue weighted by molar-refractivity contribution is 7.91. The van der Waals surface area contributed by atoms with Crippen molar-refractivity contribution in [1.82, 2.24) is 0 Å². The molecule has 0 aromatic heterocycles. The highest BCUT2D eigenvalue weighted by Gasteiger charge is 2.24. The van der Waals surface area contributed by atoms with Crippen molar-refractivity contribution in [3.8, 4) is 5.75 Å². The zero-order valence-electron chi connectivity index (χ0n) is 18.6. The molecule has 35 heavy (non-hydrogen) atoms. The molecule has 0 aliphatic heterocycles. The third-order valence-electron chi connectivity index (χ3n) is 5.57. The summed E-state index contributed by atoms with van der Waals surface area (Å²) in [6, 6.07) is 21.4. The second kappa shape index (κ2) is 9.47. The highest BCUT2D eigenvalue weighted by atomic mass is 32.2. The van der Waals surface area contributed by atoms with Crippen LogP contribution in [0.5, 0.6) is 5.75 Å². The van der Waals surface area contributed by atoms with E-state index in [4.69, 9.17) is 21.6 Å². The molecule has 0 spiro atoms. The Bertz CT molecular complexity index is 1550. The predicted octanol–water partition coefficient (Wildman–Crippen LogP) is 3.86. The Balaban J connectivity index is 1.61. The van der Waals surface area contributed by atoms with E-state index in [1.54, 1.807) is 42.5 Å². The van der Waals surface area contributed by atoms with Gasteiger partial charge in [-0.2, -0.15) is 0 Å². The maximum absolute atomic E-state index is 13.3. The van der Waals surface area contributed by atoms with Gasteiger partial charge in [0, 0.05) is 12.0 Å². The number of aromatic carboxylic acids is 1. The summed E-state index contributed by atoms with van der Waals surface area (Å²) in [6.07, 6.45) is 0.438. The van der Waals surface area contributed by atoms with Crippen molar-refractivity contribution in [3.63, 3.8) is 0 Å². The first kappa shape index (κ1) is 23.8. The van der Waals surface area contributed by atoms with Crippen molar-refractivity contribution >= 4 is 38.1 Å². The Morgan fingerprint density at radius 2 is 1.60 bits per heavy atom. The second-order valence-corrected chi connectivity index (χ2v) is 9.87. The minimum Gasteiger partial charge on any atom is -0.490 e. The monoisotopic (exact) mass is 489 g/mol. The van der Waals surface area contributed by atoms with Gasteiger partial charge in [0.15, 0.2) is 5.75 Å². The van der Waals surface area contributed by atoms with Gasteiger partial charge in [0.25, 0.3) is 0 Å². The van der Waals surface area contributed by atoms with E-state index in [1.807, 2.05) is 18.2 Å². The number of benzene rings is 4. The van der Waals surface area contributed by atoms with Crippen LogP contribution in [0.25, 0.3) is 10.8 Å². The fraction of sp³-hybridized carbons (Fsp3) is 0.0769. The van der Waals surface area contributed by atoms with Crippen molar-refractivity contribution < 1.29 is 23.1 Å². The standard InChI is InChI=1S/C26H23N3O5S/c27-23-15-21(35(32,33)20-10-9-17-3-1-2-4-19(17)13-20)14-22(26(30)31)24(23)34-12-11-16-5-7-18(8-6-16)25(28)29/h1-10,13-15H,11-12,27H2,(H3,28,29)(H,30,31). The van der Waals surface area contributed by atoms with E-state index in [2.05, 4.69) is 0 Å². The van der Waals surface area contributed by atoms with Crippen LogP contribution in [0.15, 0.2) is 88.7 Å². The molecule has 0 fully saturated rings. The van der Waals surface area contributed by atoms with Crippen molar-refractivity contribution in [2.24, 2.45) is 5.73 Å². The minimum absolute atomic E-state index is 0.0367. The maximum Gasteiger partial charge on any atom is 0.339 e. The zero-order chi connectivity index (χ0) is 25.2.